The van der Waals surface area contributed by atoms with Gasteiger partial charge in [0.25, 0.3) is 5.91 Å². The van der Waals surface area contributed by atoms with Gasteiger partial charge in [0.05, 0.1) is 11.6 Å². The molecule has 2 rings (SSSR count). The summed E-state index contributed by atoms with van der Waals surface area (Å²) < 4.78 is 1.69. The van der Waals surface area contributed by atoms with E-state index in [0.717, 1.165) is 21.8 Å². The van der Waals surface area contributed by atoms with Crippen molar-refractivity contribution in [3.8, 4) is 6.07 Å². The second kappa shape index (κ2) is 5.85. The number of nitrogens with zero attached hydrogens (tertiary/aromatic N) is 2. The molecule has 1 aliphatic heterocycles. The first-order chi connectivity index (χ1) is 8.61. The maximum atomic E-state index is 12.4. The van der Waals surface area contributed by atoms with Crippen molar-refractivity contribution in [3.05, 3.63) is 32.7 Å². The molecule has 0 aliphatic carbocycles. The van der Waals surface area contributed by atoms with Crippen LogP contribution in [0.15, 0.2) is 27.1 Å². The van der Waals surface area contributed by atoms with Crippen molar-refractivity contribution in [3.63, 3.8) is 0 Å². The van der Waals surface area contributed by atoms with E-state index in [4.69, 9.17) is 5.26 Å². The zero-order chi connectivity index (χ0) is 13.1. The van der Waals surface area contributed by atoms with Gasteiger partial charge in [-0.25, -0.2) is 0 Å². The Morgan fingerprint density at radius 1 is 1.33 bits per heavy atom. The van der Waals surface area contributed by atoms with Crippen molar-refractivity contribution in [2.75, 3.05) is 13.1 Å². The molecule has 1 aliphatic rings. The fourth-order valence-electron chi connectivity index (χ4n) is 2.04. The monoisotopic (exact) mass is 370 g/mol. The van der Waals surface area contributed by atoms with Gasteiger partial charge in [-0.15, -0.1) is 0 Å². The number of carbonyl (C=O) groups excluding carboxylic acids is 1. The van der Waals surface area contributed by atoms with E-state index >= 15 is 0 Å². The lowest BCUT2D eigenvalue weighted by atomic mass is 9.98. The van der Waals surface area contributed by atoms with Gasteiger partial charge in [-0.05, 0) is 47.0 Å². The van der Waals surface area contributed by atoms with Gasteiger partial charge in [-0.3, -0.25) is 4.79 Å². The van der Waals surface area contributed by atoms with E-state index in [1.54, 1.807) is 0 Å². The number of hydrogen-bond acceptors (Lipinski definition) is 2. The molecule has 5 heteroatoms. The molecule has 1 amide bonds. The van der Waals surface area contributed by atoms with Gasteiger partial charge < -0.3 is 4.90 Å². The standard InChI is InChI=1S/C13H12Br2N2O/c14-10-1-2-12(15)11(7-10)13(18)17-5-3-9(8-16)4-6-17/h1-2,7,9H,3-6H2. The first-order valence-corrected chi connectivity index (χ1v) is 7.34. The molecule has 94 valence electrons. The molecule has 0 radical (unpaired) electrons. The summed E-state index contributed by atoms with van der Waals surface area (Å²) in [4.78, 5) is 14.2. The molecule has 1 heterocycles. The molecule has 1 aromatic carbocycles. The summed E-state index contributed by atoms with van der Waals surface area (Å²) in [7, 11) is 0. The van der Waals surface area contributed by atoms with Gasteiger partial charge in [0.15, 0.2) is 0 Å². The summed E-state index contributed by atoms with van der Waals surface area (Å²) in [6.45, 7) is 1.33. The predicted octanol–water partition coefficient (Wildman–Crippen LogP) is 3.59. The second-order valence-electron chi connectivity index (χ2n) is 4.32. The fraction of sp³-hybridized carbons (Fsp3) is 0.385. The molecule has 0 bridgehead atoms. The summed E-state index contributed by atoms with van der Waals surface area (Å²) in [6.07, 6.45) is 1.54. The van der Waals surface area contributed by atoms with Crippen LogP contribution in [0.2, 0.25) is 0 Å². The van der Waals surface area contributed by atoms with Gasteiger partial charge in [-0.2, -0.15) is 5.26 Å². The van der Waals surface area contributed by atoms with Crippen LogP contribution < -0.4 is 0 Å². The normalized spacial score (nSPS) is 16.4. The third kappa shape index (κ3) is 2.93. The van der Waals surface area contributed by atoms with Crippen molar-refractivity contribution in [2.24, 2.45) is 5.92 Å². The van der Waals surface area contributed by atoms with E-state index in [1.807, 2.05) is 23.1 Å². The number of benzene rings is 1. The molecule has 0 N–H and O–H groups in total. The highest BCUT2D eigenvalue weighted by Gasteiger charge is 2.24. The van der Waals surface area contributed by atoms with Crippen LogP contribution in [0.1, 0.15) is 23.2 Å². The Labute approximate surface area is 123 Å². The molecule has 0 spiro atoms. The van der Waals surface area contributed by atoms with Gasteiger partial charge in [0, 0.05) is 28.0 Å². The Morgan fingerprint density at radius 3 is 2.61 bits per heavy atom. The molecule has 1 aromatic rings. The summed E-state index contributed by atoms with van der Waals surface area (Å²) in [6, 6.07) is 7.84. The number of nitriles is 1. The first kappa shape index (κ1) is 13.6. The number of hydrogen-bond donors (Lipinski definition) is 0. The maximum Gasteiger partial charge on any atom is 0.255 e. The van der Waals surface area contributed by atoms with Crippen LogP contribution in [0.4, 0.5) is 0 Å². The highest BCUT2D eigenvalue weighted by Crippen LogP contribution is 2.25. The number of likely N-dealkylation sites (tertiary alicyclic amines) is 1. The number of amides is 1. The Bertz CT molecular complexity index is 502. The zero-order valence-corrected chi connectivity index (χ0v) is 12.9. The molecule has 1 fully saturated rings. The van der Waals surface area contributed by atoms with Crippen molar-refractivity contribution in [2.45, 2.75) is 12.8 Å². The van der Waals surface area contributed by atoms with Crippen molar-refractivity contribution >= 4 is 37.8 Å². The summed E-state index contributed by atoms with van der Waals surface area (Å²) >= 11 is 6.78. The Balaban J connectivity index is 2.13. The van der Waals surface area contributed by atoms with E-state index in [-0.39, 0.29) is 11.8 Å². The summed E-state index contributed by atoms with van der Waals surface area (Å²) in [5, 5.41) is 8.85. The minimum absolute atomic E-state index is 0.0274. The molecule has 1 saturated heterocycles. The third-order valence-corrected chi connectivity index (χ3v) is 4.31. The average Bonchev–Trinajstić information content (AvgIpc) is 2.41. The van der Waals surface area contributed by atoms with Gasteiger partial charge in [0.2, 0.25) is 0 Å². The molecule has 0 unspecified atom stereocenters. The Hall–Kier alpha value is -0.860. The average molecular weight is 372 g/mol. The van der Waals surface area contributed by atoms with E-state index < -0.39 is 0 Å². The van der Waals surface area contributed by atoms with E-state index in [0.29, 0.717) is 18.7 Å². The zero-order valence-electron chi connectivity index (χ0n) is 9.70. The van der Waals surface area contributed by atoms with Crippen LogP contribution in [0.5, 0.6) is 0 Å². The lowest BCUT2D eigenvalue weighted by Crippen LogP contribution is -2.38. The van der Waals surface area contributed by atoms with Crippen LogP contribution in [0.25, 0.3) is 0 Å². The van der Waals surface area contributed by atoms with E-state index in [2.05, 4.69) is 37.9 Å². The predicted molar refractivity (Wildman–Crippen MR) is 76.1 cm³/mol. The molecule has 3 nitrogen and oxygen atoms in total. The van der Waals surface area contributed by atoms with Gasteiger partial charge in [0.1, 0.15) is 0 Å². The molecule has 0 aromatic heterocycles. The van der Waals surface area contributed by atoms with E-state index in [9.17, 15) is 4.79 Å². The highest BCUT2D eigenvalue weighted by atomic mass is 79.9. The topological polar surface area (TPSA) is 44.1 Å². The second-order valence-corrected chi connectivity index (χ2v) is 6.09. The Kier molecular flexibility index (Phi) is 4.41. The summed E-state index contributed by atoms with van der Waals surface area (Å²) in [5.74, 6) is 0.125. The Morgan fingerprint density at radius 2 is 2.00 bits per heavy atom. The number of rotatable bonds is 1. The minimum Gasteiger partial charge on any atom is -0.339 e. The van der Waals surface area contributed by atoms with Gasteiger partial charge in [-0.1, -0.05) is 15.9 Å². The highest BCUT2D eigenvalue weighted by molar-refractivity contribution is 9.11. The van der Waals surface area contributed by atoms with Crippen LogP contribution in [-0.4, -0.2) is 23.9 Å². The third-order valence-electron chi connectivity index (χ3n) is 3.12. The molecular formula is C13H12Br2N2O. The number of halogens is 2. The summed E-state index contributed by atoms with van der Waals surface area (Å²) in [5.41, 5.74) is 0.666. The SMILES string of the molecule is N#CC1CCN(C(=O)c2cc(Br)ccc2Br)CC1. The minimum atomic E-state index is 0.0274. The van der Waals surface area contributed by atoms with Gasteiger partial charge >= 0.3 is 0 Å². The van der Waals surface area contributed by atoms with Crippen LogP contribution in [0, 0.1) is 17.2 Å². The van der Waals surface area contributed by atoms with Crippen molar-refractivity contribution < 1.29 is 4.79 Å². The lowest BCUT2D eigenvalue weighted by Gasteiger charge is -2.29. The van der Waals surface area contributed by atoms with Crippen molar-refractivity contribution in [1.29, 1.82) is 5.26 Å². The largest absolute Gasteiger partial charge is 0.339 e. The lowest BCUT2D eigenvalue weighted by molar-refractivity contribution is 0.0706. The van der Waals surface area contributed by atoms with Crippen LogP contribution in [-0.2, 0) is 0 Å². The molecule has 0 atom stereocenters. The molecule has 18 heavy (non-hydrogen) atoms. The fourth-order valence-corrected chi connectivity index (χ4v) is 2.82. The number of carbonyl (C=O) groups is 1. The van der Waals surface area contributed by atoms with Crippen LogP contribution in [0.3, 0.4) is 0 Å². The molecular weight excluding hydrogens is 360 g/mol. The first-order valence-electron chi connectivity index (χ1n) is 5.75. The number of piperidine rings is 1. The maximum absolute atomic E-state index is 12.4. The smallest absolute Gasteiger partial charge is 0.255 e. The van der Waals surface area contributed by atoms with Crippen LogP contribution >= 0.6 is 31.9 Å². The quantitative estimate of drug-likeness (QED) is 0.757. The van der Waals surface area contributed by atoms with E-state index in [1.165, 1.54) is 0 Å². The molecule has 0 saturated carbocycles. The van der Waals surface area contributed by atoms with Crippen molar-refractivity contribution in [1.82, 2.24) is 4.90 Å².